The van der Waals surface area contributed by atoms with Gasteiger partial charge in [0.2, 0.25) is 0 Å². The quantitative estimate of drug-likeness (QED) is 0.410. The summed E-state index contributed by atoms with van der Waals surface area (Å²) < 4.78 is 0. The molecule has 0 spiro atoms. The Balaban J connectivity index is 0.000000424. The van der Waals surface area contributed by atoms with Crippen molar-refractivity contribution < 1.29 is 10.1 Å². The second-order valence-corrected chi connectivity index (χ2v) is 2.13. The third-order valence-electron chi connectivity index (χ3n) is 1.31. The lowest BCUT2D eigenvalue weighted by atomic mass is 10.2. The predicted molar refractivity (Wildman–Crippen MR) is 45.4 cm³/mol. The topological polar surface area (TPSA) is 92.8 Å². The van der Waals surface area contributed by atoms with E-state index in [0.29, 0.717) is 5.56 Å². The van der Waals surface area contributed by atoms with Gasteiger partial charge < -0.3 is 5.21 Å². The molecule has 6 heteroatoms. The number of hydrogen-bond donors (Lipinski definition) is 1. The van der Waals surface area contributed by atoms with E-state index in [-0.39, 0.29) is 10.6 Å². The van der Waals surface area contributed by atoms with Gasteiger partial charge in [-0.05, 0) is 6.92 Å². The van der Waals surface area contributed by atoms with Gasteiger partial charge >= 0.3 is 0 Å². The van der Waals surface area contributed by atoms with E-state index in [1.54, 1.807) is 25.1 Å². The van der Waals surface area contributed by atoms with Crippen molar-refractivity contribution in [2.45, 2.75) is 6.92 Å². The van der Waals surface area contributed by atoms with Crippen molar-refractivity contribution in [3.05, 3.63) is 44.9 Å². The molecule has 1 N–H and O–H groups in total. The summed E-state index contributed by atoms with van der Waals surface area (Å²) in [7, 11) is 0. The standard InChI is InChI=1S/C7H7NO2.HNO2/c1-6-4-2-3-5-7(6)8(9)10;2-1-3/h2-5H,1H3;(H,2,3). The number of nitro groups is 1. The summed E-state index contributed by atoms with van der Waals surface area (Å²) in [5.74, 6) is 0. The minimum atomic E-state index is -0.380. The predicted octanol–water partition coefficient (Wildman–Crippen LogP) is 2.05. The average Bonchev–Trinajstić information content (AvgIpc) is 2.06. The molecule has 0 aliphatic heterocycles. The molecule has 0 saturated heterocycles. The Hall–Kier alpha value is -1.98. The van der Waals surface area contributed by atoms with E-state index in [1.165, 1.54) is 11.4 Å². The van der Waals surface area contributed by atoms with Gasteiger partial charge in [0.15, 0.2) is 5.34 Å². The molecule has 13 heavy (non-hydrogen) atoms. The van der Waals surface area contributed by atoms with Crippen molar-refractivity contribution in [2.24, 2.45) is 5.34 Å². The fraction of sp³-hybridized carbons (Fsp3) is 0.143. The molecular formula is C7H8N2O4. The van der Waals surface area contributed by atoms with Gasteiger partial charge in [-0.1, -0.05) is 18.2 Å². The van der Waals surface area contributed by atoms with Gasteiger partial charge in [-0.2, -0.15) is 0 Å². The highest BCUT2D eigenvalue weighted by Crippen LogP contribution is 2.14. The van der Waals surface area contributed by atoms with Crippen LogP contribution in [0, 0.1) is 21.9 Å². The van der Waals surface area contributed by atoms with Crippen LogP contribution in [-0.4, -0.2) is 10.1 Å². The molecule has 0 aliphatic rings. The second-order valence-electron chi connectivity index (χ2n) is 2.13. The number of nitrogens with zero attached hydrogens (tertiary/aromatic N) is 2. The summed E-state index contributed by atoms with van der Waals surface area (Å²) in [6.45, 7) is 1.72. The zero-order chi connectivity index (χ0) is 10.3. The van der Waals surface area contributed by atoms with Crippen molar-refractivity contribution >= 4 is 5.69 Å². The molecule has 1 rings (SSSR count). The summed E-state index contributed by atoms with van der Waals surface area (Å²) in [6.07, 6.45) is 0. The smallest absolute Gasteiger partial charge is 0.272 e. The largest absolute Gasteiger partial charge is 0.379 e. The van der Waals surface area contributed by atoms with Crippen molar-refractivity contribution in [3.8, 4) is 0 Å². The molecule has 70 valence electrons. The maximum Gasteiger partial charge on any atom is 0.272 e. The number of aryl methyl sites for hydroxylation is 1. The third-order valence-corrected chi connectivity index (χ3v) is 1.31. The van der Waals surface area contributed by atoms with Crippen LogP contribution in [0.4, 0.5) is 5.69 Å². The molecule has 0 aliphatic carbocycles. The Bertz CT molecular complexity index is 300. The fourth-order valence-corrected chi connectivity index (χ4v) is 0.768. The number of hydrogen-bond acceptors (Lipinski definition) is 4. The highest BCUT2D eigenvalue weighted by atomic mass is 16.6. The number of nitro benzene ring substituents is 1. The molecule has 1 aromatic carbocycles. The molecule has 0 bridgehead atoms. The van der Waals surface area contributed by atoms with Gasteiger partial charge in [-0.3, -0.25) is 10.1 Å². The van der Waals surface area contributed by atoms with E-state index in [1.807, 2.05) is 0 Å². The van der Waals surface area contributed by atoms with E-state index in [2.05, 4.69) is 0 Å². The van der Waals surface area contributed by atoms with Crippen molar-refractivity contribution in [3.63, 3.8) is 0 Å². The lowest BCUT2D eigenvalue weighted by Crippen LogP contribution is -1.89. The molecule has 0 fully saturated rings. The maximum atomic E-state index is 10.2. The van der Waals surface area contributed by atoms with Gasteiger partial charge in [-0.15, -0.1) is 4.91 Å². The van der Waals surface area contributed by atoms with Crippen LogP contribution in [0.2, 0.25) is 0 Å². The summed E-state index contributed by atoms with van der Waals surface area (Å²) in [4.78, 5) is 18.0. The van der Waals surface area contributed by atoms with Crippen LogP contribution in [0.15, 0.2) is 29.6 Å². The van der Waals surface area contributed by atoms with Crippen LogP contribution >= 0.6 is 0 Å². The first-order valence-corrected chi connectivity index (χ1v) is 3.30. The van der Waals surface area contributed by atoms with Crippen molar-refractivity contribution in [1.29, 1.82) is 0 Å². The highest BCUT2D eigenvalue weighted by Gasteiger charge is 2.05. The lowest BCUT2D eigenvalue weighted by molar-refractivity contribution is -0.385. The average molecular weight is 184 g/mol. The monoisotopic (exact) mass is 184 g/mol. The first-order valence-electron chi connectivity index (χ1n) is 3.30. The van der Waals surface area contributed by atoms with Gasteiger partial charge in [0.25, 0.3) is 5.69 Å². The number of para-hydroxylation sites is 1. The third kappa shape index (κ3) is 3.80. The molecule has 0 saturated carbocycles. The lowest BCUT2D eigenvalue weighted by Gasteiger charge is -1.92. The van der Waals surface area contributed by atoms with Crippen LogP contribution in [0.3, 0.4) is 0 Å². The number of benzene rings is 1. The minimum absolute atomic E-state index is 0.183. The molecule has 0 unspecified atom stereocenters. The molecule has 0 aromatic heterocycles. The molecule has 6 nitrogen and oxygen atoms in total. The van der Waals surface area contributed by atoms with E-state index in [9.17, 15) is 10.1 Å². The van der Waals surface area contributed by atoms with Crippen LogP contribution in [0.25, 0.3) is 0 Å². The van der Waals surface area contributed by atoms with E-state index in [4.69, 9.17) is 10.1 Å². The van der Waals surface area contributed by atoms with Crippen LogP contribution in [0.1, 0.15) is 5.56 Å². The Morgan fingerprint density at radius 2 is 1.92 bits per heavy atom. The van der Waals surface area contributed by atoms with Crippen molar-refractivity contribution in [1.82, 2.24) is 0 Å². The summed E-state index contributed by atoms with van der Waals surface area (Å²) in [5.41, 5.74) is 0.884. The highest BCUT2D eigenvalue weighted by molar-refractivity contribution is 5.38. The zero-order valence-electron chi connectivity index (χ0n) is 6.88. The van der Waals surface area contributed by atoms with Gasteiger partial charge in [0.05, 0.1) is 4.92 Å². The summed E-state index contributed by atoms with van der Waals surface area (Å²) in [5, 5.41) is 18.1. The van der Waals surface area contributed by atoms with E-state index in [0.717, 1.165) is 0 Å². The summed E-state index contributed by atoms with van der Waals surface area (Å²) >= 11 is 0. The zero-order valence-corrected chi connectivity index (χ0v) is 6.88. The van der Waals surface area contributed by atoms with Gasteiger partial charge in [0, 0.05) is 11.6 Å². The van der Waals surface area contributed by atoms with Gasteiger partial charge in [0.1, 0.15) is 0 Å². The van der Waals surface area contributed by atoms with Crippen LogP contribution in [0.5, 0.6) is 0 Å². The molecule has 0 amide bonds. The fourth-order valence-electron chi connectivity index (χ4n) is 0.768. The Kier molecular flexibility index (Phi) is 4.78. The molecule has 0 heterocycles. The Morgan fingerprint density at radius 1 is 1.46 bits per heavy atom. The van der Waals surface area contributed by atoms with E-state index >= 15 is 0 Å². The Labute approximate surface area is 73.9 Å². The first kappa shape index (κ1) is 11.0. The van der Waals surface area contributed by atoms with Crippen molar-refractivity contribution in [2.75, 3.05) is 0 Å². The molecule has 1 aromatic rings. The molecule has 0 radical (unpaired) electrons. The molecular weight excluding hydrogens is 176 g/mol. The second kappa shape index (κ2) is 5.64. The normalized spacial score (nSPS) is 8.08. The number of rotatable bonds is 1. The van der Waals surface area contributed by atoms with Crippen LogP contribution in [-0.2, 0) is 0 Å². The van der Waals surface area contributed by atoms with Gasteiger partial charge in [-0.25, -0.2) is 0 Å². The SMILES string of the molecule is Cc1ccccc1[N+](=O)[O-].O=NO. The minimum Gasteiger partial charge on any atom is -0.379 e. The van der Waals surface area contributed by atoms with E-state index < -0.39 is 0 Å². The van der Waals surface area contributed by atoms with Crippen LogP contribution < -0.4 is 0 Å². The first-order chi connectivity index (χ1) is 6.13. The maximum absolute atomic E-state index is 10.2. The molecule has 0 atom stereocenters. The Morgan fingerprint density at radius 3 is 2.23 bits per heavy atom. The summed E-state index contributed by atoms with van der Waals surface area (Å²) in [6, 6.07) is 6.65.